The van der Waals surface area contributed by atoms with Crippen molar-refractivity contribution < 1.29 is 61.8 Å². The van der Waals surface area contributed by atoms with Crippen molar-refractivity contribution >= 4 is 0 Å². The molecule has 0 unspecified atom stereocenters. The van der Waals surface area contributed by atoms with Crippen molar-refractivity contribution in [3.63, 3.8) is 0 Å². The number of hydrogen-bond donors (Lipinski definition) is 0. The summed E-state index contributed by atoms with van der Waals surface area (Å²) < 4.78 is 169. The molecule has 1 nitrogen and oxygen atoms in total. The van der Waals surface area contributed by atoms with Gasteiger partial charge in [-0.15, -0.1) is 0 Å². The molecule has 0 atom stereocenters. The number of halogens is 13. The first-order chi connectivity index (χ1) is 10.8. The van der Waals surface area contributed by atoms with Crippen LogP contribution in [0.3, 0.4) is 0 Å². The Labute approximate surface area is 132 Å². The van der Waals surface area contributed by atoms with Gasteiger partial charge in [0.25, 0.3) is 0 Å². The van der Waals surface area contributed by atoms with E-state index >= 15 is 0 Å². The van der Waals surface area contributed by atoms with E-state index in [4.69, 9.17) is 0 Å². The SMILES string of the molecule is CCCOCCC(F)(F)C(F)(F)C(F)(F)C(F)(F)C(F)(F)C(F)(F)F. The topological polar surface area (TPSA) is 9.23 Å². The van der Waals surface area contributed by atoms with Crippen LogP contribution >= 0.6 is 0 Å². The van der Waals surface area contributed by atoms with Crippen molar-refractivity contribution in [2.24, 2.45) is 0 Å². The van der Waals surface area contributed by atoms with Gasteiger partial charge in [0.15, 0.2) is 0 Å². The summed E-state index contributed by atoms with van der Waals surface area (Å²) in [6.07, 6.45) is -9.53. The maximum Gasteiger partial charge on any atom is 0.460 e. The molecular weight excluding hydrogens is 395 g/mol. The summed E-state index contributed by atoms with van der Waals surface area (Å²) in [7, 11) is 0. The fourth-order valence-corrected chi connectivity index (χ4v) is 1.41. The van der Waals surface area contributed by atoms with Crippen LogP contribution in [0.1, 0.15) is 19.8 Å². The molecule has 0 bridgehead atoms. The Morgan fingerprint density at radius 2 is 0.960 bits per heavy atom. The van der Waals surface area contributed by atoms with Gasteiger partial charge < -0.3 is 4.74 Å². The molecule has 0 aromatic heterocycles. The van der Waals surface area contributed by atoms with Crippen molar-refractivity contribution in [2.75, 3.05) is 13.2 Å². The van der Waals surface area contributed by atoms with Gasteiger partial charge in [0, 0.05) is 13.0 Å². The molecule has 0 heterocycles. The Balaban J connectivity index is 5.79. The highest BCUT2D eigenvalue weighted by atomic mass is 19.4. The summed E-state index contributed by atoms with van der Waals surface area (Å²) in [5.74, 6) is -36.6. The van der Waals surface area contributed by atoms with E-state index in [0.717, 1.165) is 0 Å². The molecule has 0 radical (unpaired) electrons. The quantitative estimate of drug-likeness (QED) is 0.361. The van der Waals surface area contributed by atoms with Crippen molar-refractivity contribution in [3.8, 4) is 0 Å². The highest BCUT2D eigenvalue weighted by Crippen LogP contribution is 2.60. The Morgan fingerprint density at radius 1 is 0.560 bits per heavy atom. The number of hydrogen-bond acceptors (Lipinski definition) is 1. The lowest BCUT2D eigenvalue weighted by Crippen LogP contribution is -2.70. The van der Waals surface area contributed by atoms with Crippen LogP contribution in [0.2, 0.25) is 0 Å². The lowest BCUT2D eigenvalue weighted by molar-refractivity contribution is -0.440. The number of ether oxygens (including phenoxy) is 1. The highest BCUT2D eigenvalue weighted by Gasteiger charge is 2.90. The molecule has 0 aliphatic rings. The third-order valence-corrected chi connectivity index (χ3v) is 2.91. The third-order valence-electron chi connectivity index (χ3n) is 2.91. The van der Waals surface area contributed by atoms with Crippen LogP contribution in [-0.2, 0) is 4.74 Å². The molecule has 0 aliphatic heterocycles. The Morgan fingerprint density at radius 3 is 1.32 bits per heavy atom. The van der Waals surface area contributed by atoms with E-state index in [1.807, 2.05) is 0 Å². The lowest BCUT2D eigenvalue weighted by atomic mass is 9.93. The van der Waals surface area contributed by atoms with Gasteiger partial charge in [-0.1, -0.05) is 6.92 Å². The largest absolute Gasteiger partial charge is 0.460 e. The zero-order chi connectivity index (χ0) is 20.5. The zero-order valence-corrected chi connectivity index (χ0v) is 12.2. The number of alkyl halides is 13. The molecule has 0 saturated heterocycles. The van der Waals surface area contributed by atoms with E-state index in [0.29, 0.717) is 0 Å². The molecule has 0 aromatic rings. The second kappa shape index (κ2) is 6.99. The Hall–Kier alpha value is -0.950. The normalized spacial score (nSPS) is 15.6. The van der Waals surface area contributed by atoms with Gasteiger partial charge in [-0.3, -0.25) is 0 Å². The molecule has 0 N–H and O–H groups in total. The van der Waals surface area contributed by atoms with E-state index in [9.17, 15) is 57.1 Å². The van der Waals surface area contributed by atoms with Gasteiger partial charge in [0.2, 0.25) is 0 Å². The molecule has 0 aliphatic carbocycles. The van der Waals surface area contributed by atoms with Gasteiger partial charge >= 0.3 is 35.8 Å². The van der Waals surface area contributed by atoms with Crippen LogP contribution in [-0.4, -0.2) is 49.0 Å². The Kier molecular flexibility index (Phi) is 6.72. The van der Waals surface area contributed by atoms with Gasteiger partial charge in [0.1, 0.15) is 0 Å². The van der Waals surface area contributed by atoms with Gasteiger partial charge in [0.05, 0.1) is 6.61 Å². The van der Waals surface area contributed by atoms with E-state index in [1.54, 1.807) is 0 Å². The summed E-state index contributed by atoms with van der Waals surface area (Å²) in [6, 6.07) is 0. The second-order valence-electron chi connectivity index (χ2n) is 4.86. The van der Waals surface area contributed by atoms with Crippen LogP contribution in [0.5, 0.6) is 0 Å². The summed E-state index contributed by atoms with van der Waals surface area (Å²) in [6.45, 7) is -0.227. The molecule has 0 fully saturated rings. The lowest BCUT2D eigenvalue weighted by Gasteiger charge is -2.39. The van der Waals surface area contributed by atoms with Gasteiger partial charge in [-0.25, -0.2) is 0 Å². The molecule has 0 rings (SSSR count). The first kappa shape index (κ1) is 24.1. The van der Waals surface area contributed by atoms with Crippen molar-refractivity contribution in [3.05, 3.63) is 0 Å². The number of rotatable bonds is 9. The maximum absolute atomic E-state index is 13.2. The molecule has 0 aromatic carbocycles. The first-order valence-corrected chi connectivity index (χ1v) is 6.34. The monoisotopic (exact) mass is 406 g/mol. The van der Waals surface area contributed by atoms with Crippen molar-refractivity contribution in [1.82, 2.24) is 0 Å². The van der Waals surface area contributed by atoms with Crippen LogP contribution in [0, 0.1) is 0 Å². The predicted molar refractivity (Wildman–Crippen MR) is 56.5 cm³/mol. The van der Waals surface area contributed by atoms with E-state index in [2.05, 4.69) is 4.74 Å². The average molecular weight is 406 g/mol. The molecule has 25 heavy (non-hydrogen) atoms. The van der Waals surface area contributed by atoms with E-state index in [1.165, 1.54) is 6.92 Å². The molecule has 14 heteroatoms. The summed E-state index contributed by atoms with van der Waals surface area (Å²) in [4.78, 5) is 0. The fourth-order valence-electron chi connectivity index (χ4n) is 1.41. The van der Waals surface area contributed by atoms with Crippen LogP contribution in [0.25, 0.3) is 0 Å². The highest BCUT2D eigenvalue weighted by molar-refractivity contribution is 5.10. The van der Waals surface area contributed by atoms with Gasteiger partial charge in [-0.2, -0.15) is 57.1 Å². The summed E-state index contributed by atoms with van der Waals surface area (Å²) >= 11 is 0. The second-order valence-corrected chi connectivity index (χ2v) is 4.86. The molecule has 152 valence electrons. The first-order valence-electron chi connectivity index (χ1n) is 6.34. The summed E-state index contributed by atoms with van der Waals surface area (Å²) in [5, 5.41) is 0. The van der Waals surface area contributed by atoms with Crippen molar-refractivity contribution in [2.45, 2.75) is 55.6 Å². The smallest absolute Gasteiger partial charge is 0.381 e. The fraction of sp³-hybridized carbons (Fsp3) is 1.00. The minimum Gasteiger partial charge on any atom is -0.381 e. The molecule has 0 spiro atoms. The van der Waals surface area contributed by atoms with Gasteiger partial charge in [-0.05, 0) is 6.42 Å². The minimum atomic E-state index is -7.85. The molecule has 0 amide bonds. The van der Waals surface area contributed by atoms with Crippen LogP contribution < -0.4 is 0 Å². The Bertz CT molecular complexity index is 440. The summed E-state index contributed by atoms with van der Waals surface area (Å²) in [5.41, 5.74) is 0. The maximum atomic E-state index is 13.2. The average Bonchev–Trinajstić information content (AvgIpc) is 2.41. The third kappa shape index (κ3) is 3.92. The van der Waals surface area contributed by atoms with Crippen molar-refractivity contribution in [1.29, 1.82) is 0 Å². The van der Waals surface area contributed by atoms with Crippen LogP contribution in [0.15, 0.2) is 0 Å². The zero-order valence-electron chi connectivity index (χ0n) is 12.2. The molecular formula is C11H11F13O. The standard InChI is InChI=1S/C11H11F13O/c1-2-4-25-5-3-6(12,13)7(14,15)8(16,17)9(18,19)10(20,21)11(22,23)24/h2-5H2,1H3. The van der Waals surface area contributed by atoms with Crippen LogP contribution in [0.4, 0.5) is 57.1 Å². The minimum absolute atomic E-state index is 0.175. The van der Waals surface area contributed by atoms with E-state index in [-0.39, 0.29) is 13.0 Å². The van der Waals surface area contributed by atoms with E-state index < -0.39 is 48.8 Å². The molecule has 0 saturated carbocycles. The predicted octanol–water partition coefficient (Wildman–Crippen LogP) is 5.54.